The number of ether oxygens (including phenoxy) is 10. The lowest BCUT2D eigenvalue weighted by atomic mass is 9.88. The van der Waals surface area contributed by atoms with Gasteiger partial charge < -0.3 is 160 Å². The highest BCUT2D eigenvalue weighted by Crippen LogP contribution is 2.39. The monoisotopic (exact) mass is 1190 g/mol. The van der Waals surface area contributed by atoms with Crippen molar-refractivity contribution in [2.45, 2.75) is 217 Å². The number of carbonyl (C=O) groups excluding carboxylic acids is 3. The van der Waals surface area contributed by atoms with Crippen LogP contribution in [0.25, 0.3) is 0 Å². The first-order chi connectivity index (χ1) is 38.0. The predicted octanol–water partition coefficient (Wildman–Crippen LogP) is -13.8. The Labute approximate surface area is 459 Å². The van der Waals surface area contributed by atoms with Gasteiger partial charge in [-0.2, -0.15) is 0 Å². The fourth-order valence-corrected chi connectivity index (χ4v) is 9.85. The van der Waals surface area contributed by atoms with Crippen LogP contribution in [-0.2, 0) is 66.5 Å². The van der Waals surface area contributed by atoms with Crippen molar-refractivity contribution in [2.75, 3.05) is 39.6 Å². The zero-order valence-electron chi connectivity index (χ0n) is 43.9. The smallest absolute Gasteiger partial charge is 0.364 e. The van der Waals surface area contributed by atoms with E-state index < -0.39 is 253 Å². The van der Waals surface area contributed by atoms with Crippen LogP contribution >= 0.6 is 0 Å². The Morgan fingerprint density at radius 1 is 0.580 bits per heavy atom. The van der Waals surface area contributed by atoms with E-state index in [1.165, 1.54) is 6.92 Å². The number of nitrogens with one attached hydrogen (secondary N) is 3. The summed E-state index contributed by atoms with van der Waals surface area (Å²) in [5.74, 6) is -7.98. The Bertz CT molecular complexity index is 2020. The molecule has 22 N–H and O–H groups in total. The summed E-state index contributed by atoms with van der Waals surface area (Å²) in [4.78, 5) is 50.3. The summed E-state index contributed by atoms with van der Waals surface area (Å²) >= 11 is 0. The number of aliphatic hydroxyl groups is 18. The molecule has 5 aliphatic heterocycles. The van der Waals surface area contributed by atoms with Crippen LogP contribution in [0, 0.1) is 0 Å². The van der Waals surface area contributed by atoms with Crippen molar-refractivity contribution in [3.05, 3.63) is 0 Å². The Balaban J connectivity index is 1.43. The van der Waals surface area contributed by atoms with Crippen LogP contribution in [0.5, 0.6) is 0 Å². The average Bonchev–Trinajstić information content (AvgIpc) is 3.44. The molecular formula is C45H77N3O33. The summed E-state index contributed by atoms with van der Waals surface area (Å²) in [6.07, 6.45) is -53.8. The van der Waals surface area contributed by atoms with E-state index in [-0.39, 0.29) is 0 Å². The van der Waals surface area contributed by atoms with Crippen molar-refractivity contribution in [1.29, 1.82) is 0 Å². The SMILES string of the molecule is CC(=O)N[C@H]1[C@H](OC[C@@H](O)[C@H](O)[C@H](O[C@@H]2O[C@H](CO)[C@H](O)[C@H](O[C@]3(C(=O)O)C[C@H](O)[C@@H](NC(C)=O)[C@H]([C@H](O)[C@H](O)CO)O3)[C@H]2O)[C@H](CO)NC(C)=O)O[C@H](CO)[C@@H](O)[C@@H]1O[C@@H]1O[C@H](CO)[C@H](O)[C@H](O)[C@H]1O[C@@H]1O[C@@H](C)[C@@H](O)[C@@H](O)[C@@H]1O. The molecule has 5 fully saturated rings. The van der Waals surface area contributed by atoms with Crippen molar-refractivity contribution < 1.29 is 164 Å². The second-order valence-corrected chi connectivity index (χ2v) is 20.2. The van der Waals surface area contributed by atoms with Crippen molar-refractivity contribution in [1.82, 2.24) is 16.0 Å². The number of hydrogen-bond donors (Lipinski definition) is 22. The maximum atomic E-state index is 13.0. The quantitative estimate of drug-likeness (QED) is 0.0404. The van der Waals surface area contributed by atoms with Gasteiger partial charge >= 0.3 is 5.97 Å². The van der Waals surface area contributed by atoms with Crippen LogP contribution in [0.1, 0.15) is 34.1 Å². The molecule has 0 saturated carbocycles. The molecule has 5 saturated heterocycles. The van der Waals surface area contributed by atoms with Gasteiger partial charge in [-0.15, -0.1) is 0 Å². The fraction of sp³-hybridized carbons (Fsp3) is 0.911. The van der Waals surface area contributed by atoms with Crippen LogP contribution in [0.2, 0.25) is 0 Å². The zero-order chi connectivity index (χ0) is 60.7. The van der Waals surface area contributed by atoms with Crippen LogP contribution in [-0.4, -0.2) is 344 Å². The molecule has 0 aromatic rings. The summed E-state index contributed by atoms with van der Waals surface area (Å²) < 4.78 is 57.2. The van der Waals surface area contributed by atoms with E-state index >= 15 is 0 Å². The molecule has 81 heavy (non-hydrogen) atoms. The molecule has 36 nitrogen and oxygen atoms in total. The highest BCUT2D eigenvalue weighted by molar-refractivity contribution is 5.77. The third-order valence-corrected chi connectivity index (χ3v) is 14.2. The second kappa shape index (κ2) is 29.7. The van der Waals surface area contributed by atoms with Gasteiger partial charge in [0.25, 0.3) is 5.79 Å². The van der Waals surface area contributed by atoms with Crippen molar-refractivity contribution in [3.8, 4) is 0 Å². The van der Waals surface area contributed by atoms with Gasteiger partial charge in [-0.1, -0.05) is 0 Å². The summed E-state index contributed by atoms with van der Waals surface area (Å²) in [7, 11) is 0. The van der Waals surface area contributed by atoms with Gasteiger partial charge in [-0.05, 0) is 6.92 Å². The van der Waals surface area contributed by atoms with E-state index in [9.17, 15) is 116 Å². The molecule has 0 radical (unpaired) electrons. The van der Waals surface area contributed by atoms with E-state index in [4.69, 9.17) is 47.4 Å². The maximum Gasteiger partial charge on any atom is 0.364 e. The van der Waals surface area contributed by atoms with Gasteiger partial charge in [-0.3, -0.25) is 14.4 Å². The van der Waals surface area contributed by atoms with Crippen LogP contribution in [0.4, 0.5) is 0 Å². The molecule has 0 aromatic heterocycles. The highest BCUT2D eigenvalue weighted by Gasteiger charge is 2.61. The number of carboxylic acids is 1. The highest BCUT2D eigenvalue weighted by atomic mass is 16.8. The zero-order valence-corrected chi connectivity index (χ0v) is 43.9. The predicted molar refractivity (Wildman–Crippen MR) is 252 cm³/mol. The van der Waals surface area contributed by atoms with Gasteiger partial charge in [0.15, 0.2) is 25.2 Å². The van der Waals surface area contributed by atoms with Gasteiger partial charge in [0.2, 0.25) is 17.7 Å². The Morgan fingerprint density at radius 2 is 1.12 bits per heavy atom. The molecule has 3 amide bonds. The molecule has 5 aliphatic rings. The summed E-state index contributed by atoms with van der Waals surface area (Å²) in [6.45, 7) is -2.44. The standard InChI is InChI=1S/C45H77N3O33/c1-12-25(60)31(66)33(68)41(73-12)79-39-32(67)28(63)20(8-51)76-43(39)78-36-24(48-15(4)56)40(74-21(9-52)29(36)64)72-11-19(59)27(62)35(16(6-49)46-13(2)54)77-42-34(69)38(30(65)22(10-53)75-42)81-45(44(70)71)5-17(57)23(47-14(3)55)37(80-45)26(61)18(58)7-50/h12,16-43,49-53,57-69H,5-11H2,1-4H3,(H,46,54)(H,47,55)(H,48,56)(H,70,71)/t12-,16-,17-,18+,19+,20+,21+,22+,23+,24+,25+,26+,27-,28-,29+,30-,31+,32-,33-,34+,35+,36+,37+,38-,39+,40+,41-,42-,43-,45-/m0/s1. The van der Waals surface area contributed by atoms with Crippen molar-refractivity contribution >= 4 is 23.7 Å². The lowest BCUT2D eigenvalue weighted by molar-refractivity contribution is -0.381. The third kappa shape index (κ3) is 15.8. The fourth-order valence-electron chi connectivity index (χ4n) is 9.85. The topological polar surface area (TPSA) is 581 Å². The molecule has 30 atom stereocenters. The van der Waals surface area contributed by atoms with Crippen molar-refractivity contribution in [2.24, 2.45) is 0 Å². The number of carbonyl (C=O) groups is 4. The minimum Gasteiger partial charge on any atom is -0.477 e. The molecule has 5 rings (SSSR count). The molecular weight excluding hydrogens is 1110 g/mol. The molecule has 5 heterocycles. The normalized spacial score (nSPS) is 42.6. The van der Waals surface area contributed by atoms with Gasteiger partial charge in [0, 0.05) is 27.2 Å². The lowest BCUT2D eigenvalue weighted by Crippen LogP contribution is -2.70. The lowest BCUT2D eigenvalue weighted by Gasteiger charge is -2.50. The largest absolute Gasteiger partial charge is 0.477 e. The first-order valence-electron chi connectivity index (χ1n) is 25.5. The second-order valence-electron chi connectivity index (χ2n) is 20.2. The number of amides is 3. The summed E-state index contributed by atoms with van der Waals surface area (Å²) in [5, 5.41) is 212. The Kier molecular flexibility index (Phi) is 25.1. The molecule has 0 unspecified atom stereocenters. The average molecular weight is 1190 g/mol. The molecule has 36 heteroatoms. The summed E-state index contributed by atoms with van der Waals surface area (Å²) in [5.41, 5.74) is 0. The molecule has 470 valence electrons. The molecule has 0 aromatic carbocycles. The number of hydrogen-bond acceptors (Lipinski definition) is 32. The van der Waals surface area contributed by atoms with E-state index in [0.29, 0.717) is 0 Å². The number of aliphatic carboxylic acids is 1. The Hall–Kier alpha value is -3.24. The van der Waals surface area contributed by atoms with E-state index in [2.05, 4.69) is 16.0 Å². The van der Waals surface area contributed by atoms with Gasteiger partial charge in [0.05, 0.1) is 63.9 Å². The van der Waals surface area contributed by atoms with Gasteiger partial charge in [-0.25, -0.2) is 4.79 Å². The first-order valence-corrected chi connectivity index (χ1v) is 25.5. The minimum atomic E-state index is -3.24. The number of rotatable bonds is 25. The van der Waals surface area contributed by atoms with E-state index in [1.807, 2.05) is 0 Å². The maximum absolute atomic E-state index is 13.0. The summed E-state index contributed by atoms with van der Waals surface area (Å²) in [6, 6.07) is -5.27. The van der Waals surface area contributed by atoms with E-state index in [0.717, 1.165) is 20.8 Å². The Morgan fingerprint density at radius 3 is 1.67 bits per heavy atom. The number of carboxylic acid groups (broad SMARTS) is 1. The van der Waals surface area contributed by atoms with Crippen LogP contribution < -0.4 is 16.0 Å². The van der Waals surface area contributed by atoms with E-state index in [1.54, 1.807) is 0 Å². The van der Waals surface area contributed by atoms with Crippen LogP contribution in [0.3, 0.4) is 0 Å². The van der Waals surface area contributed by atoms with Crippen LogP contribution in [0.15, 0.2) is 0 Å². The minimum absolute atomic E-state index is 0.841. The molecule has 0 spiro atoms. The van der Waals surface area contributed by atoms with Crippen molar-refractivity contribution in [3.63, 3.8) is 0 Å². The molecule has 0 aliphatic carbocycles. The third-order valence-electron chi connectivity index (χ3n) is 14.2. The number of aliphatic hydroxyl groups excluding tert-OH is 18. The molecule has 0 bridgehead atoms. The first kappa shape index (κ1) is 68.5. The van der Waals surface area contributed by atoms with Gasteiger partial charge in [0.1, 0.15) is 128 Å².